The van der Waals surface area contributed by atoms with Crippen molar-refractivity contribution in [1.29, 1.82) is 0 Å². The number of amides is 1. The molecule has 27 heavy (non-hydrogen) atoms. The molecule has 146 valence electrons. The molecule has 0 saturated carbocycles. The van der Waals surface area contributed by atoms with E-state index in [4.69, 9.17) is 21.1 Å². The highest BCUT2D eigenvalue weighted by Crippen LogP contribution is 2.24. The molecule has 0 fully saturated rings. The van der Waals surface area contributed by atoms with E-state index in [9.17, 15) is 9.18 Å². The summed E-state index contributed by atoms with van der Waals surface area (Å²) in [5.41, 5.74) is 0.776. The lowest BCUT2D eigenvalue weighted by molar-refractivity contribution is 0.00499. The van der Waals surface area contributed by atoms with E-state index in [1.165, 1.54) is 11.0 Å². The van der Waals surface area contributed by atoms with Gasteiger partial charge in [0.2, 0.25) is 0 Å². The molecular weight excluding hydrogens is 371 g/mol. The third-order valence-corrected chi connectivity index (χ3v) is 4.00. The third kappa shape index (κ3) is 6.48. The van der Waals surface area contributed by atoms with Crippen LogP contribution < -0.4 is 0 Å². The number of nitrogens with zero attached hydrogens (tertiary/aromatic N) is 2. The molecule has 1 unspecified atom stereocenters. The van der Waals surface area contributed by atoms with Gasteiger partial charge >= 0.3 is 6.09 Å². The van der Waals surface area contributed by atoms with Crippen LogP contribution >= 0.6 is 11.6 Å². The predicted octanol–water partition coefficient (Wildman–Crippen LogP) is 5.00. The fourth-order valence-electron chi connectivity index (χ4n) is 2.33. The number of carbonyl (C=O) groups excluding carboxylic acids is 1. The molecule has 0 aliphatic carbocycles. The van der Waals surface area contributed by atoms with Gasteiger partial charge in [0.05, 0.1) is 30.1 Å². The molecular formula is C20H24ClFN2O3. The van der Waals surface area contributed by atoms with Gasteiger partial charge in [0.15, 0.2) is 5.82 Å². The first-order valence-corrected chi connectivity index (χ1v) is 8.93. The molecule has 1 aromatic heterocycles. The fourth-order valence-corrected chi connectivity index (χ4v) is 2.49. The Kier molecular flexibility index (Phi) is 7.16. The van der Waals surface area contributed by atoms with Crippen molar-refractivity contribution in [3.8, 4) is 0 Å². The third-order valence-electron chi connectivity index (χ3n) is 3.71. The Balaban J connectivity index is 2.16. The number of rotatable bonds is 6. The number of likely N-dealkylation sites (N-methyl/N-ethyl adjacent to an activating group) is 1. The van der Waals surface area contributed by atoms with Crippen molar-refractivity contribution >= 4 is 17.7 Å². The molecule has 0 saturated heterocycles. The van der Waals surface area contributed by atoms with Crippen LogP contribution in [0.2, 0.25) is 5.02 Å². The minimum Gasteiger partial charge on any atom is -0.444 e. The zero-order valence-corrected chi connectivity index (χ0v) is 16.7. The summed E-state index contributed by atoms with van der Waals surface area (Å²) in [6.45, 7) is 5.88. The molecule has 1 aromatic carbocycles. The number of hydrogen-bond donors (Lipinski definition) is 0. The van der Waals surface area contributed by atoms with Gasteiger partial charge in [-0.15, -0.1) is 0 Å². The molecule has 1 amide bonds. The van der Waals surface area contributed by atoms with E-state index in [1.807, 2.05) is 30.3 Å². The molecule has 0 spiro atoms. The van der Waals surface area contributed by atoms with Crippen molar-refractivity contribution in [2.45, 2.75) is 39.0 Å². The Morgan fingerprint density at radius 3 is 2.56 bits per heavy atom. The first-order valence-electron chi connectivity index (χ1n) is 8.56. The van der Waals surface area contributed by atoms with Crippen LogP contribution in [0.1, 0.15) is 38.1 Å². The van der Waals surface area contributed by atoms with Gasteiger partial charge in [-0.3, -0.25) is 4.98 Å². The lowest BCUT2D eigenvalue weighted by atomic mass is 10.1. The molecule has 2 aromatic rings. The first-order chi connectivity index (χ1) is 12.7. The summed E-state index contributed by atoms with van der Waals surface area (Å²) in [6, 6.07) is 10.5. The molecule has 5 nitrogen and oxygen atoms in total. The lowest BCUT2D eigenvalue weighted by Crippen LogP contribution is -2.38. The number of ether oxygens (including phenoxy) is 2. The number of carbonyl (C=O) groups is 1. The quantitative estimate of drug-likeness (QED) is 0.691. The summed E-state index contributed by atoms with van der Waals surface area (Å²) < 4.78 is 24.7. The SMILES string of the molecule is CN(C(=O)OC(C)(C)C)C(COCc1ccccc1)c1cc(Cl)c(F)cn1. The second kappa shape index (κ2) is 9.15. The molecule has 2 rings (SSSR count). The highest BCUT2D eigenvalue weighted by atomic mass is 35.5. The van der Waals surface area contributed by atoms with E-state index in [1.54, 1.807) is 27.8 Å². The monoisotopic (exact) mass is 394 g/mol. The maximum atomic E-state index is 13.5. The van der Waals surface area contributed by atoms with Crippen molar-refractivity contribution < 1.29 is 18.7 Å². The summed E-state index contributed by atoms with van der Waals surface area (Å²) >= 11 is 5.89. The average molecular weight is 395 g/mol. The summed E-state index contributed by atoms with van der Waals surface area (Å²) in [4.78, 5) is 17.9. The summed E-state index contributed by atoms with van der Waals surface area (Å²) in [7, 11) is 1.59. The van der Waals surface area contributed by atoms with Crippen LogP contribution in [0.15, 0.2) is 42.6 Å². The fraction of sp³-hybridized carbons (Fsp3) is 0.400. The van der Waals surface area contributed by atoms with E-state index >= 15 is 0 Å². The second-order valence-electron chi connectivity index (χ2n) is 7.13. The summed E-state index contributed by atoms with van der Waals surface area (Å²) in [6.07, 6.45) is 0.503. The van der Waals surface area contributed by atoms with E-state index < -0.39 is 23.6 Å². The minimum atomic E-state index is -0.644. The topological polar surface area (TPSA) is 51.7 Å². The van der Waals surface area contributed by atoms with Crippen LogP contribution in [-0.4, -0.2) is 35.2 Å². The van der Waals surface area contributed by atoms with Gasteiger partial charge in [-0.05, 0) is 32.4 Å². The second-order valence-corrected chi connectivity index (χ2v) is 7.54. The van der Waals surface area contributed by atoms with Gasteiger partial charge in [0.25, 0.3) is 0 Å². The smallest absolute Gasteiger partial charge is 0.410 e. The van der Waals surface area contributed by atoms with Crippen LogP contribution in [0.3, 0.4) is 0 Å². The Bertz CT molecular complexity index is 766. The van der Waals surface area contributed by atoms with E-state index in [0.717, 1.165) is 11.8 Å². The number of hydrogen-bond acceptors (Lipinski definition) is 4. The number of pyridine rings is 1. The van der Waals surface area contributed by atoms with E-state index in [2.05, 4.69) is 4.98 Å². The van der Waals surface area contributed by atoms with E-state index in [0.29, 0.717) is 12.3 Å². The highest BCUT2D eigenvalue weighted by molar-refractivity contribution is 6.30. The highest BCUT2D eigenvalue weighted by Gasteiger charge is 2.28. The zero-order valence-electron chi connectivity index (χ0n) is 15.9. The van der Waals surface area contributed by atoms with Crippen molar-refractivity contribution in [3.05, 3.63) is 64.7 Å². The maximum Gasteiger partial charge on any atom is 0.410 e. The first kappa shape index (κ1) is 21.1. The lowest BCUT2D eigenvalue weighted by Gasteiger charge is -2.30. The van der Waals surface area contributed by atoms with Crippen molar-refractivity contribution in [2.75, 3.05) is 13.7 Å². The van der Waals surface area contributed by atoms with Gasteiger partial charge in [-0.1, -0.05) is 41.9 Å². The predicted molar refractivity (Wildman–Crippen MR) is 102 cm³/mol. The Morgan fingerprint density at radius 2 is 1.96 bits per heavy atom. The molecule has 1 atom stereocenters. The van der Waals surface area contributed by atoms with Crippen molar-refractivity contribution in [2.24, 2.45) is 0 Å². The van der Waals surface area contributed by atoms with E-state index in [-0.39, 0.29) is 11.6 Å². The average Bonchev–Trinajstić information content (AvgIpc) is 2.60. The van der Waals surface area contributed by atoms with Gasteiger partial charge in [-0.25, -0.2) is 9.18 Å². The normalized spacial score (nSPS) is 12.5. The van der Waals surface area contributed by atoms with Crippen LogP contribution in [0, 0.1) is 5.82 Å². The zero-order chi connectivity index (χ0) is 20.0. The molecule has 0 aliphatic heterocycles. The molecule has 0 bridgehead atoms. The van der Waals surface area contributed by atoms with Gasteiger partial charge in [0, 0.05) is 7.05 Å². The summed E-state index contributed by atoms with van der Waals surface area (Å²) in [5.74, 6) is -0.621. The number of halogens is 2. The van der Waals surface area contributed by atoms with Crippen LogP contribution in [0.4, 0.5) is 9.18 Å². The Labute approximate surface area is 164 Å². The molecule has 7 heteroatoms. The number of aromatic nitrogens is 1. The van der Waals surface area contributed by atoms with Crippen LogP contribution in [-0.2, 0) is 16.1 Å². The van der Waals surface area contributed by atoms with Crippen molar-refractivity contribution in [3.63, 3.8) is 0 Å². The minimum absolute atomic E-state index is 0.0642. The number of benzene rings is 1. The largest absolute Gasteiger partial charge is 0.444 e. The van der Waals surface area contributed by atoms with Gasteiger partial charge in [0.1, 0.15) is 11.6 Å². The molecule has 0 aliphatic rings. The van der Waals surface area contributed by atoms with Crippen LogP contribution in [0.25, 0.3) is 0 Å². The molecule has 0 radical (unpaired) electrons. The summed E-state index contributed by atoms with van der Waals surface area (Å²) in [5, 5.41) is -0.0642. The Morgan fingerprint density at radius 1 is 1.30 bits per heavy atom. The maximum absolute atomic E-state index is 13.5. The molecule has 0 N–H and O–H groups in total. The van der Waals surface area contributed by atoms with Gasteiger partial charge in [-0.2, -0.15) is 0 Å². The van der Waals surface area contributed by atoms with Gasteiger partial charge < -0.3 is 14.4 Å². The molecule has 1 heterocycles. The Hall–Kier alpha value is -2.18. The van der Waals surface area contributed by atoms with Crippen LogP contribution in [0.5, 0.6) is 0 Å². The van der Waals surface area contributed by atoms with Crippen molar-refractivity contribution in [1.82, 2.24) is 9.88 Å². The standard InChI is InChI=1S/C20H24ClFN2O3/c1-20(2,3)27-19(25)24(4)18(17-10-15(21)16(22)11-23-17)13-26-12-14-8-6-5-7-9-14/h5-11,18H,12-13H2,1-4H3.